The van der Waals surface area contributed by atoms with Gasteiger partial charge in [0.15, 0.2) is 0 Å². The Balaban J connectivity index is 1.88. The summed E-state index contributed by atoms with van der Waals surface area (Å²) in [6, 6.07) is 0.240. The fraction of sp³-hybridized carbons (Fsp3) is 1.00. The Labute approximate surface area is 115 Å². The van der Waals surface area contributed by atoms with Gasteiger partial charge in [-0.3, -0.25) is 5.73 Å². The standard InChI is InChI=1S/C17H34N/c1-2-3-4-5-6-7-11-14-17(18)15-16-12-9-8-10-13-16/h16-18H,2-15H2,1H3. The van der Waals surface area contributed by atoms with E-state index in [0.717, 1.165) is 12.3 Å². The molecule has 107 valence electrons. The first-order valence-corrected chi connectivity index (χ1v) is 8.54. The normalized spacial score (nSPS) is 19.0. The summed E-state index contributed by atoms with van der Waals surface area (Å²) in [6.45, 7) is 2.27. The van der Waals surface area contributed by atoms with Gasteiger partial charge in [0, 0.05) is 6.04 Å². The van der Waals surface area contributed by atoms with E-state index in [0.29, 0.717) is 0 Å². The summed E-state index contributed by atoms with van der Waals surface area (Å²) in [5.74, 6) is 0.894. The molecular formula is C17H34N. The molecule has 0 bridgehead atoms. The second-order valence-electron chi connectivity index (χ2n) is 6.35. The van der Waals surface area contributed by atoms with Crippen molar-refractivity contribution in [1.29, 1.82) is 0 Å². The molecule has 0 amide bonds. The van der Waals surface area contributed by atoms with Crippen molar-refractivity contribution < 1.29 is 0 Å². The predicted molar refractivity (Wildman–Crippen MR) is 80.7 cm³/mol. The largest absolute Gasteiger partial charge is 0.255 e. The molecule has 1 fully saturated rings. The molecule has 1 atom stereocenters. The quantitative estimate of drug-likeness (QED) is 0.442. The highest BCUT2D eigenvalue weighted by atomic mass is 14.6. The van der Waals surface area contributed by atoms with E-state index < -0.39 is 0 Å². The summed E-state index contributed by atoms with van der Waals surface area (Å²) in [7, 11) is 0. The van der Waals surface area contributed by atoms with Crippen LogP contribution in [0.2, 0.25) is 0 Å². The fourth-order valence-electron chi connectivity index (χ4n) is 3.29. The van der Waals surface area contributed by atoms with E-state index in [2.05, 4.69) is 6.92 Å². The molecule has 0 aromatic heterocycles. The molecule has 0 saturated heterocycles. The third-order valence-electron chi connectivity index (χ3n) is 4.50. The van der Waals surface area contributed by atoms with Crippen molar-refractivity contribution in [2.75, 3.05) is 0 Å². The van der Waals surface area contributed by atoms with Crippen LogP contribution in [0, 0.1) is 5.92 Å². The van der Waals surface area contributed by atoms with Crippen LogP contribution in [0.3, 0.4) is 0 Å². The highest BCUT2D eigenvalue weighted by Gasteiger charge is 2.16. The highest BCUT2D eigenvalue weighted by molar-refractivity contribution is 4.71. The van der Waals surface area contributed by atoms with Crippen molar-refractivity contribution in [2.24, 2.45) is 5.92 Å². The van der Waals surface area contributed by atoms with Gasteiger partial charge in [-0.2, -0.15) is 0 Å². The van der Waals surface area contributed by atoms with Crippen molar-refractivity contribution >= 4 is 0 Å². The Kier molecular flexibility index (Phi) is 9.65. The van der Waals surface area contributed by atoms with Crippen molar-refractivity contribution in [3.63, 3.8) is 0 Å². The lowest BCUT2D eigenvalue weighted by molar-refractivity contribution is 0.307. The first-order valence-electron chi connectivity index (χ1n) is 8.54. The summed E-state index contributed by atoms with van der Waals surface area (Å²) in [6.07, 6.45) is 19.1. The molecule has 1 radical (unpaired) electrons. The van der Waals surface area contributed by atoms with E-state index in [1.54, 1.807) is 0 Å². The fourth-order valence-corrected chi connectivity index (χ4v) is 3.29. The number of rotatable bonds is 10. The third kappa shape index (κ3) is 8.13. The molecule has 1 nitrogen and oxygen atoms in total. The zero-order chi connectivity index (χ0) is 13.1. The molecule has 1 aliphatic carbocycles. The van der Waals surface area contributed by atoms with E-state index in [9.17, 15) is 0 Å². The summed E-state index contributed by atoms with van der Waals surface area (Å²) < 4.78 is 0. The maximum Gasteiger partial charge on any atom is 0.0215 e. The van der Waals surface area contributed by atoms with E-state index in [1.807, 2.05) is 0 Å². The maximum atomic E-state index is 8.15. The van der Waals surface area contributed by atoms with Crippen LogP contribution in [0.4, 0.5) is 0 Å². The lowest BCUT2D eigenvalue weighted by Crippen LogP contribution is -2.17. The molecule has 0 aromatic carbocycles. The second kappa shape index (κ2) is 10.8. The van der Waals surface area contributed by atoms with Crippen molar-refractivity contribution in [3.05, 3.63) is 0 Å². The Morgan fingerprint density at radius 3 is 2.17 bits per heavy atom. The van der Waals surface area contributed by atoms with Gasteiger partial charge in [0.1, 0.15) is 0 Å². The predicted octanol–water partition coefficient (Wildman–Crippen LogP) is 5.75. The van der Waals surface area contributed by atoms with Crippen LogP contribution < -0.4 is 5.73 Å². The van der Waals surface area contributed by atoms with Gasteiger partial charge in [0.25, 0.3) is 0 Å². The number of hydrogen-bond acceptors (Lipinski definition) is 0. The van der Waals surface area contributed by atoms with Gasteiger partial charge < -0.3 is 0 Å². The van der Waals surface area contributed by atoms with Gasteiger partial charge >= 0.3 is 0 Å². The van der Waals surface area contributed by atoms with Gasteiger partial charge in [0.2, 0.25) is 0 Å². The van der Waals surface area contributed by atoms with Gasteiger partial charge in [0.05, 0.1) is 0 Å². The average molecular weight is 252 g/mol. The molecule has 0 heterocycles. The Bertz CT molecular complexity index is 172. The van der Waals surface area contributed by atoms with E-state index >= 15 is 0 Å². The Hall–Kier alpha value is -0.0400. The molecule has 0 spiro atoms. The summed E-state index contributed by atoms with van der Waals surface area (Å²) in [5, 5.41) is 0. The minimum absolute atomic E-state index is 0.240. The smallest absolute Gasteiger partial charge is 0.0215 e. The third-order valence-corrected chi connectivity index (χ3v) is 4.50. The molecule has 0 aromatic rings. The molecule has 1 unspecified atom stereocenters. The van der Waals surface area contributed by atoms with Crippen LogP contribution in [0.15, 0.2) is 0 Å². The minimum atomic E-state index is 0.240. The van der Waals surface area contributed by atoms with Crippen LogP contribution in [0.25, 0.3) is 0 Å². The lowest BCUT2D eigenvalue weighted by atomic mass is 9.84. The molecule has 1 heteroatoms. The molecule has 0 aliphatic heterocycles. The van der Waals surface area contributed by atoms with Crippen molar-refractivity contribution in [3.8, 4) is 0 Å². The Morgan fingerprint density at radius 2 is 1.50 bits per heavy atom. The second-order valence-corrected chi connectivity index (χ2v) is 6.35. The monoisotopic (exact) mass is 252 g/mol. The zero-order valence-corrected chi connectivity index (χ0v) is 12.6. The summed E-state index contributed by atoms with van der Waals surface area (Å²) >= 11 is 0. The summed E-state index contributed by atoms with van der Waals surface area (Å²) in [5.41, 5.74) is 8.15. The van der Waals surface area contributed by atoms with E-state index in [4.69, 9.17) is 5.73 Å². The first kappa shape index (κ1) is 16.0. The van der Waals surface area contributed by atoms with E-state index in [-0.39, 0.29) is 6.04 Å². The van der Waals surface area contributed by atoms with Crippen LogP contribution >= 0.6 is 0 Å². The average Bonchev–Trinajstić information content (AvgIpc) is 2.39. The molecule has 1 aliphatic rings. The van der Waals surface area contributed by atoms with Gasteiger partial charge in [-0.05, 0) is 18.8 Å². The maximum absolute atomic E-state index is 8.15. The number of unbranched alkanes of at least 4 members (excludes halogenated alkanes) is 6. The van der Waals surface area contributed by atoms with Crippen LogP contribution in [-0.4, -0.2) is 6.04 Å². The molecule has 18 heavy (non-hydrogen) atoms. The summed E-state index contributed by atoms with van der Waals surface area (Å²) in [4.78, 5) is 0. The zero-order valence-electron chi connectivity index (χ0n) is 12.6. The minimum Gasteiger partial charge on any atom is -0.255 e. The SMILES string of the molecule is CCCCCCCCCC([NH])CC1CCCCC1. The number of nitrogens with one attached hydrogen (secondary N) is 1. The molecule has 1 N–H and O–H groups in total. The topological polar surface area (TPSA) is 23.8 Å². The highest BCUT2D eigenvalue weighted by Crippen LogP contribution is 2.28. The van der Waals surface area contributed by atoms with Crippen molar-refractivity contribution in [1.82, 2.24) is 5.73 Å². The number of hydrogen-bond donors (Lipinski definition) is 0. The van der Waals surface area contributed by atoms with Crippen molar-refractivity contribution in [2.45, 2.75) is 103 Å². The molecule has 1 rings (SSSR count). The van der Waals surface area contributed by atoms with Crippen LogP contribution in [-0.2, 0) is 0 Å². The molecule has 1 saturated carbocycles. The van der Waals surface area contributed by atoms with E-state index in [1.165, 1.54) is 83.5 Å². The van der Waals surface area contributed by atoms with Gasteiger partial charge in [-0.1, -0.05) is 84.0 Å². The first-order chi connectivity index (χ1) is 8.83. The van der Waals surface area contributed by atoms with Crippen LogP contribution in [0.1, 0.15) is 96.8 Å². The molecular weight excluding hydrogens is 218 g/mol. The lowest BCUT2D eigenvalue weighted by Gasteiger charge is -2.24. The van der Waals surface area contributed by atoms with Gasteiger partial charge in [-0.15, -0.1) is 0 Å². The van der Waals surface area contributed by atoms with Gasteiger partial charge in [-0.25, -0.2) is 0 Å². The van der Waals surface area contributed by atoms with Crippen LogP contribution in [0.5, 0.6) is 0 Å². The Morgan fingerprint density at radius 1 is 0.889 bits per heavy atom.